The van der Waals surface area contributed by atoms with Crippen molar-refractivity contribution in [2.75, 3.05) is 20.2 Å². The number of hydrogen-bond acceptors (Lipinski definition) is 7. The van der Waals surface area contributed by atoms with E-state index in [-0.39, 0.29) is 17.9 Å². The van der Waals surface area contributed by atoms with Crippen molar-refractivity contribution in [3.8, 4) is 0 Å². The second kappa shape index (κ2) is 6.13. The number of likely N-dealkylation sites (tertiary alicyclic amines) is 1. The van der Waals surface area contributed by atoms with Crippen LogP contribution >= 0.6 is 11.5 Å². The van der Waals surface area contributed by atoms with Gasteiger partial charge in [-0.3, -0.25) is 4.79 Å². The van der Waals surface area contributed by atoms with E-state index in [1.807, 2.05) is 17.9 Å². The fourth-order valence-corrected chi connectivity index (χ4v) is 3.44. The van der Waals surface area contributed by atoms with Crippen LogP contribution in [0.15, 0.2) is 10.6 Å². The van der Waals surface area contributed by atoms with Gasteiger partial charge in [-0.15, -0.1) is 5.10 Å². The minimum absolute atomic E-state index is 0.00413. The number of amides is 1. The molecule has 0 unspecified atom stereocenters. The maximum atomic E-state index is 12.6. The predicted molar refractivity (Wildman–Crippen MR) is 79.8 cm³/mol. The molecular weight excluding hydrogens is 304 g/mol. The molecule has 1 aliphatic rings. The highest BCUT2D eigenvalue weighted by Crippen LogP contribution is 2.26. The molecule has 0 bridgehead atoms. The molecule has 0 saturated carbocycles. The third-order valence-electron chi connectivity index (χ3n) is 3.96. The van der Waals surface area contributed by atoms with Gasteiger partial charge in [-0.05, 0) is 25.4 Å². The van der Waals surface area contributed by atoms with Crippen LogP contribution < -0.4 is 0 Å². The number of rotatable bonds is 4. The molecule has 0 N–H and O–H groups in total. The first-order valence-corrected chi connectivity index (χ1v) is 7.89. The molecule has 1 aliphatic heterocycles. The van der Waals surface area contributed by atoms with Gasteiger partial charge in [0.2, 0.25) is 0 Å². The summed E-state index contributed by atoms with van der Waals surface area (Å²) < 4.78 is 14.7. The van der Waals surface area contributed by atoms with Crippen molar-refractivity contribution < 1.29 is 14.1 Å². The summed E-state index contributed by atoms with van der Waals surface area (Å²) in [5, 5.41) is 7.81. The molecule has 118 valence electrons. The Kier molecular flexibility index (Phi) is 4.21. The molecule has 1 fully saturated rings. The lowest BCUT2D eigenvalue weighted by Crippen LogP contribution is -2.29. The number of aromatic nitrogens is 3. The third-order valence-corrected chi connectivity index (χ3v) is 4.77. The number of hydrogen-bond donors (Lipinski definition) is 0. The Balaban J connectivity index is 1.71. The van der Waals surface area contributed by atoms with Crippen molar-refractivity contribution in [2.45, 2.75) is 26.4 Å². The highest BCUT2D eigenvalue weighted by atomic mass is 32.1. The average Bonchev–Trinajstić information content (AvgIpc) is 3.19. The molecule has 3 rings (SSSR count). The van der Waals surface area contributed by atoms with E-state index in [0.29, 0.717) is 30.1 Å². The van der Waals surface area contributed by atoms with Crippen LogP contribution in [0.25, 0.3) is 0 Å². The van der Waals surface area contributed by atoms with Crippen LogP contribution in [-0.4, -0.2) is 51.9 Å². The maximum Gasteiger partial charge on any atom is 0.267 e. The van der Waals surface area contributed by atoms with E-state index in [2.05, 4.69) is 14.7 Å². The lowest BCUT2D eigenvalue weighted by atomic mass is 10.0. The van der Waals surface area contributed by atoms with Gasteiger partial charge in [0.05, 0.1) is 17.5 Å². The van der Waals surface area contributed by atoms with Gasteiger partial charge < -0.3 is 14.2 Å². The number of carbonyl (C=O) groups is 1. The summed E-state index contributed by atoms with van der Waals surface area (Å²) in [5.74, 6) is 1.00. The molecule has 22 heavy (non-hydrogen) atoms. The van der Waals surface area contributed by atoms with Gasteiger partial charge in [0.1, 0.15) is 10.6 Å². The Bertz CT molecular complexity index is 669. The van der Waals surface area contributed by atoms with E-state index in [0.717, 1.165) is 23.0 Å². The van der Waals surface area contributed by atoms with Crippen LogP contribution in [0.1, 0.15) is 26.8 Å². The van der Waals surface area contributed by atoms with E-state index in [9.17, 15) is 4.79 Å². The molecule has 3 heterocycles. The van der Waals surface area contributed by atoms with Crippen molar-refractivity contribution in [3.63, 3.8) is 0 Å². The summed E-state index contributed by atoms with van der Waals surface area (Å²) in [6, 6.07) is 1.93. The number of ether oxygens (including phenoxy) is 1. The highest BCUT2D eigenvalue weighted by Gasteiger charge is 2.37. The van der Waals surface area contributed by atoms with Crippen LogP contribution in [0.3, 0.4) is 0 Å². The predicted octanol–water partition coefficient (Wildman–Crippen LogP) is 1.47. The zero-order valence-corrected chi connectivity index (χ0v) is 13.6. The van der Waals surface area contributed by atoms with E-state index in [1.54, 1.807) is 14.0 Å². The second-order valence-corrected chi connectivity index (χ2v) is 6.32. The summed E-state index contributed by atoms with van der Waals surface area (Å²) in [5.41, 5.74) is 1.54. The summed E-state index contributed by atoms with van der Waals surface area (Å²) in [4.78, 5) is 15.0. The molecular formula is C14H18N4O3S. The van der Waals surface area contributed by atoms with E-state index >= 15 is 0 Å². The molecule has 0 aliphatic carbocycles. The third kappa shape index (κ3) is 2.89. The van der Waals surface area contributed by atoms with Crippen molar-refractivity contribution in [1.82, 2.24) is 19.6 Å². The lowest BCUT2D eigenvalue weighted by molar-refractivity contribution is 0.0674. The Morgan fingerprint density at radius 1 is 1.50 bits per heavy atom. The van der Waals surface area contributed by atoms with Crippen LogP contribution in [0, 0.1) is 19.8 Å². The van der Waals surface area contributed by atoms with Gasteiger partial charge in [-0.25, -0.2) is 0 Å². The molecule has 8 heteroatoms. The molecule has 1 amide bonds. The number of aryl methyl sites for hydroxylation is 2. The highest BCUT2D eigenvalue weighted by molar-refractivity contribution is 7.07. The Morgan fingerprint density at radius 3 is 2.91 bits per heavy atom. The topological polar surface area (TPSA) is 81.4 Å². The Hall–Kier alpha value is -1.80. The fourth-order valence-electron chi connectivity index (χ4n) is 2.81. The van der Waals surface area contributed by atoms with Gasteiger partial charge >= 0.3 is 0 Å². The summed E-state index contributed by atoms with van der Waals surface area (Å²) in [7, 11) is 1.68. The Morgan fingerprint density at radius 2 is 2.32 bits per heavy atom. The normalized spacial score (nSPS) is 21.5. The molecule has 0 aromatic carbocycles. The first-order chi connectivity index (χ1) is 10.6. The smallest absolute Gasteiger partial charge is 0.267 e. The van der Waals surface area contributed by atoms with E-state index in [1.165, 1.54) is 0 Å². The van der Waals surface area contributed by atoms with Crippen molar-refractivity contribution in [2.24, 2.45) is 5.92 Å². The number of nitrogens with zero attached hydrogens (tertiary/aromatic N) is 4. The Labute approximate surface area is 132 Å². The SMILES string of the molecule is CO[C@H]1CN(C(=O)c2snnc2C)C[C@H]1Cc1cc(C)no1. The van der Waals surface area contributed by atoms with E-state index in [4.69, 9.17) is 9.26 Å². The summed E-state index contributed by atoms with van der Waals surface area (Å²) in [6.45, 7) is 4.90. The lowest BCUT2D eigenvalue weighted by Gasteiger charge is -2.14. The first-order valence-electron chi connectivity index (χ1n) is 7.11. The molecule has 0 radical (unpaired) electrons. The van der Waals surface area contributed by atoms with Gasteiger partial charge in [0.15, 0.2) is 0 Å². The average molecular weight is 322 g/mol. The molecule has 2 aromatic heterocycles. The van der Waals surface area contributed by atoms with Gasteiger partial charge in [-0.2, -0.15) is 0 Å². The van der Waals surface area contributed by atoms with Gasteiger partial charge in [-0.1, -0.05) is 9.64 Å². The van der Waals surface area contributed by atoms with Crippen molar-refractivity contribution in [3.05, 3.63) is 28.1 Å². The zero-order chi connectivity index (χ0) is 15.7. The summed E-state index contributed by atoms with van der Waals surface area (Å²) in [6.07, 6.45) is 0.707. The van der Waals surface area contributed by atoms with E-state index < -0.39 is 0 Å². The molecule has 7 nitrogen and oxygen atoms in total. The number of carbonyl (C=O) groups excluding carboxylic acids is 1. The minimum atomic E-state index is -0.0224. The first kappa shape index (κ1) is 15.1. The van der Waals surface area contributed by atoms with Crippen LogP contribution in [-0.2, 0) is 11.2 Å². The second-order valence-electron chi connectivity index (χ2n) is 5.57. The molecule has 2 aromatic rings. The van der Waals surface area contributed by atoms with Crippen molar-refractivity contribution in [1.29, 1.82) is 0 Å². The molecule has 0 spiro atoms. The van der Waals surface area contributed by atoms with Crippen LogP contribution in [0.5, 0.6) is 0 Å². The maximum absolute atomic E-state index is 12.6. The minimum Gasteiger partial charge on any atom is -0.379 e. The van der Waals surface area contributed by atoms with Gasteiger partial charge in [0.25, 0.3) is 5.91 Å². The number of methoxy groups -OCH3 is 1. The van der Waals surface area contributed by atoms with Gasteiger partial charge in [0, 0.05) is 38.6 Å². The van der Waals surface area contributed by atoms with Crippen LogP contribution in [0.2, 0.25) is 0 Å². The summed E-state index contributed by atoms with van der Waals surface area (Å²) >= 11 is 1.14. The quantitative estimate of drug-likeness (QED) is 0.848. The monoisotopic (exact) mass is 322 g/mol. The zero-order valence-electron chi connectivity index (χ0n) is 12.8. The molecule has 2 atom stereocenters. The fraction of sp³-hybridized carbons (Fsp3) is 0.571. The molecule has 1 saturated heterocycles. The largest absolute Gasteiger partial charge is 0.379 e. The standard InChI is InChI=1S/C14H18N4O3S/c1-8-4-11(21-16-8)5-10-6-18(7-12(10)20-3)14(19)13-9(2)15-17-22-13/h4,10,12H,5-7H2,1-3H3/t10-,12+/m1/s1. The van der Waals surface area contributed by atoms with Crippen molar-refractivity contribution >= 4 is 17.4 Å². The van der Waals surface area contributed by atoms with Crippen LogP contribution in [0.4, 0.5) is 0 Å².